The number of rotatable bonds is 14. The zero-order chi connectivity index (χ0) is 46.2. The number of amides is 4. The zero-order valence-corrected chi connectivity index (χ0v) is 36.0. The lowest BCUT2D eigenvalue weighted by Gasteiger charge is -2.36. The third kappa shape index (κ3) is 9.60. The first-order valence-electron chi connectivity index (χ1n) is 19.8. The Hall–Kier alpha value is -7.00. The van der Waals surface area contributed by atoms with Crippen LogP contribution in [0.4, 0.5) is 40.3 Å². The summed E-state index contributed by atoms with van der Waals surface area (Å²) < 4.78 is 59.0. The van der Waals surface area contributed by atoms with Gasteiger partial charge in [-0.25, -0.2) is 27.5 Å². The van der Waals surface area contributed by atoms with Gasteiger partial charge in [-0.05, 0) is 83.9 Å². The van der Waals surface area contributed by atoms with Crippen LogP contribution in [-0.2, 0) is 32.0 Å². The van der Waals surface area contributed by atoms with E-state index in [9.17, 15) is 47.0 Å². The molecule has 3 heterocycles. The van der Waals surface area contributed by atoms with Crippen molar-refractivity contribution in [2.45, 2.75) is 31.0 Å². The van der Waals surface area contributed by atoms with Gasteiger partial charge in [-0.1, -0.05) is 12.1 Å². The van der Waals surface area contributed by atoms with Crippen LogP contribution in [0.1, 0.15) is 11.1 Å². The zero-order valence-electron chi connectivity index (χ0n) is 34.4. The van der Waals surface area contributed by atoms with Crippen molar-refractivity contribution in [3.05, 3.63) is 142 Å². The van der Waals surface area contributed by atoms with Gasteiger partial charge >= 0.3 is 6.03 Å². The van der Waals surface area contributed by atoms with Crippen LogP contribution in [0.2, 0.25) is 0 Å². The van der Waals surface area contributed by atoms with E-state index in [1.807, 2.05) is 0 Å². The standard InChI is InChI=1S/C45H38F4N8O6S2/c1-54(31-7-9-39-33(19-31)50-23-64-39)43(60)35(15-25-11-27(46)17-28(47)12-25)52-41(58)21-56-37-5-3-4-6-38(37)57(45(56,62)63)22-42(59)53-36(16-26-13-29(48)18-30(49)14-26)44(61)55(2)32-8-10-40-34(20-32)51-24-65-40/h3-14,17-20,23-24,35-36,62-63H,15-16,21-22H2,1-2H3,(H,52,58)(H,53,59)/t35-,36-/m0/s1. The number of hydrogen-bond acceptors (Lipinski definition) is 12. The molecule has 2 atom stereocenters. The summed E-state index contributed by atoms with van der Waals surface area (Å²) in [5.41, 5.74) is 5.65. The number of fused-ring (bicyclic) bond motifs is 3. The third-order valence-electron chi connectivity index (χ3n) is 10.8. The minimum absolute atomic E-state index is 0.0536. The number of hydrogen-bond donors (Lipinski definition) is 4. The summed E-state index contributed by atoms with van der Waals surface area (Å²) in [5.74, 6) is -6.77. The minimum atomic E-state index is -3.08. The molecule has 1 aliphatic heterocycles. The quantitative estimate of drug-likeness (QED) is 0.0811. The molecular formula is C45H38F4N8O6S2. The van der Waals surface area contributed by atoms with Gasteiger partial charge in [0.05, 0.1) is 42.8 Å². The summed E-state index contributed by atoms with van der Waals surface area (Å²) in [6, 6.07) is 15.8. The van der Waals surface area contributed by atoms with Gasteiger partial charge in [0.2, 0.25) is 23.6 Å². The highest BCUT2D eigenvalue weighted by molar-refractivity contribution is 7.17. The number of thiazole rings is 2. The summed E-state index contributed by atoms with van der Waals surface area (Å²) in [4.78, 5) is 68.9. The lowest BCUT2D eigenvalue weighted by molar-refractivity contribution is -0.160. The van der Waals surface area contributed by atoms with E-state index < -0.39 is 78.1 Å². The molecule has 7 aromatic rings. The Kier molecular flexibility index (Phi) is 12.5. The highest BCUT2D eigenvalue weighted by Crippen LogP contribution is 2.42. The van der Waals surface area contributed by atoms with Crippen LogP contribution in [0.3, 0.4) is 0 Å². The van der Waals surface area contributed by atoms with E-state index in [4.69, 9.17) is 0 Å². The number of halogens is 4. The SMILES string of the molecule is CN(C(=O)[C@H](Cc1cc(F)cc(F)c1)NC(=O)CN1c2ccccc2N(CC(=O)N[C@@H](Cc2cc(F)cc(F)c2)C(=O)N(C)c2ccc3scnc3c2)C1(O)O)c1ccc2scnc2c1. The molecule has 1 aliphatic rings. The van der Waals surface area contributed by atoms with E-state index in [0.29, 0.717) is 34.5 Å². The first-order chi connectivity index (χ1) is 31.0. The molecule has 2 aromatic heterocycles. The Labute approximate surface area is 376 Å². The highest BCUT2D eigenvalue weighted by Gasteiger charge is 2.49. The maximum atomic E-state index is 14.3. The number of likely N-dealkylation sites (N-methyl/N-ethyl adjacent to an activating group) is 2. The molecule has 4 amide bonds. The number of carbonyl (C=O) groups excluding carboxylic acids is 4. The number of aliphatic hydroxyl groups is 2. The van der Waals surface area contributed by atoms with Gasteiger partial charge in [-0.3, -0.25) is 29.0 Å². The topological polar surface area (TPSA) is 172 Å². The average molecular weight is 927 g/mol. The molecule has 0 bridgehead atoms. The maximum absolute atomic E-state index is 14.3. The third-order valence-corrected chi connectivity index (χ3v) is 12.5. The molecule has 334 valence electrons. The number of nitrogens with zero attached hydrogens (tertiary/aromatic N) is 6. The van der Waals surface area contributed by atoms with E-state index in [1.165, 1.54) is 58.7 Å². The molecule has 8 rings (SSSR count). The first kappa shape index (κ1) is 44.6. The molecule has 0 unspecified atom stereocenters. The van der Waals surface area contributed by atoms with Crippen LogP contribution >= 0.6 is 22.7 Å². The van der Waals surface area contributed by atoms with Crippen molar-refractivity contribution in [1.82, 2.24) is 20.6 Å². The van der Waals surface area contributed by atoms with Crippen molar-refractivity contribution in [3.63, 3.8) is 0 Å². The highest BCUT2D eigenvalue weighted by atomic mass is 32.1. The van der Waals surface area contributed by atoms with Crippen LogP contribution in [0.5, 0.6) is 0 Å². The summed E-state index contributed by atoms with van der Waals surface area (Å²) in [7, 11) is 2.92. The van der Waals surface area contributed by atoms with Crippen molar-refractivity contribution < 1.29 is 47.0 Å². The number of para-hydroxylation sites is 2. The predicted octanol–water partition coefficient (Wildman–Crippen LogP) is 5.47. The van der Waals surface area contributed by atoms with E-state index in [0.717, 1.165) is 43.5 Å². The number of aromatic nitrogens is 2. The van der Waals surface area contributed by atoms with Gasteiger partial charge in [0.15, 0.2) is 0 Å². The second-order valence-corrected chi connectivity index (χ2v) is 17.0. The molecule has 14 nitrogen and oxygen atoms in total. The number of anilines is 4. The number of nitrogens with one attached hydrogen (secondary N) is 2. The summed E-state index contributed by atoms with van der Waals surface area (Å²) >= 11 is 2.80. The van der Waals surface area contributed by atoms with Gasteiger partial charge in [-0.15, -0.1) is 22.7 Å². The van der Waals surface area contributed by atoms with Gasteiger partial charge in [0.25, 0.3) is 0 Å². The number of carbonyl (C=O) groups is 4. The molecule has 4 N–H and O–H groups in total. The van der Waals surface area contributed by atoms with Crippen LogP contribution < -0.4 is 30.2 Å². The Morgan fingerprint density at radius 3 is 1.38 bits per heavy atom. The van der Waals surface area contributed by atoms with Gasteiger partial charge in [0.1, 0.15) is 48.4 Å². The minimum Gasteiger partial charge on any atom is -0.342 e. The van der Waals surface area contributed by atoms with E-state index >= 15 is 0 Å². The first-order valence-corrected chi connectivity index (χ1v) is 21.6. The van der Waals surface area contributed by atoms with Crippen molar-refractivity contribution in [2.24, 2.45) is 0 Å². The Bertz CT molecular complexity index is 2730. The fourth-order valence-electron chi connectivity index (χ4n) is 7.70. The lowest BCUT2D eigenvalue weighted by Crippen LogP contribution is -2.62. The van der Waals surface area contributed by atoms with E-state index in [1.54, 1.807) is 59.6 Å². The molecule has 0 radical (unpaired) electrons. The largest absolute Gasteiger partial charge is 0.342 e. The maximum Gasteiger partial charge on any atom is 0.339 e. The lowest BCUT2D eigenvalue weighted by atomic mass is 10.0. The second kappa shape index (κ2) is 18.2. The van der Waals surface area contributed by atoms with Crippen LogP contribution in [0.15, 0.2) is 108 Å². The molecular weight excluding hydrogens is 889 g/mol. The normalized spacial score (nSPS) is 14.0. The fraction of sp³-hybridized carbons (Fsp3) is 0.200. The van der Waals surface area contributed by atoms with Gasteiger partial charge in [-0.2, -0.15) is 0 Å². The summed E-state index contributed by atoms with van der Waals surface area (Å²) in [5, 5.41) is 28.7. The predicted molar refractivity (Wildman–Crippen MR) is 238 cm³/mol. The van der Waals surface area contributed by atoms with E-state index in [2.05, 4.69) is 20.6 Å². The second-order valence-electron chi connectivity index (χ2n) is 15.3. The molecule has 0 saturated carbocycles. The molecule has 0 fully saturated rings. The van der Waals surface area contributed by atoms with Gasteiger partial charge < -0.3 is 30.6 Å². The Balaban J connectivity index is 1.02. The van der Waals surface area contributed by atoms with Crippen LogP contribution in [-0.4, -0.2) is 89.1 Å². The van der Waals surface area contributed by atoms with Crippen LogP contribution in [0, 0.1) is 23.3 Å². The van der Waals surface area contributed by atoms with Crippen molar-refractivity contribution in [1.29, 1.82) is 0 Å². The molecule has 65 heavy (non-hydrogen) atoms. The molecule has 0 saturated heterocycles. The average Bonchev–Trinajstić information content (AvgIpc) is 3.98. The fourth-order valence-corrected chi connectivity index (χ4v) is 9.02. The smallest absolute Gasteiger partial charge is 0.339 e. The number of benzene rings is 5. The van der Waals surface area contributed by atoms with Gasteiger partial charge in [0, 0.05) is 50.4 Å². The summed E-state index contributed by atoms with van der Waals surface area (Å²) in [6.45, 7) is -1.61. The van der Waals surface area contributed by atoms with E-state index in [-0.39, 0.29) is 35.3 Å². The Morgan fingerprint density at radius 2 is 1.00 bits per heavy atom. The Morgan fingerprint density at radius 1 is 0.615 bits per heavy atom. The van der Waals surface area contributed by atoms with Crippen molar-refractivity contribution >= 4 is 89.5 Å². The van der Waals surface area contributed by atoms with Crippen molar-refractivity contribution in [3.8, 4) is 0 Å². The summed E-state index contributed by atoms with van der Waals surface area (Å²) in [6.07, 6.45) is -0.711. The van der Waals surface area contributed by atoms with Crippen LogP contribution in [0.25, 0.3) is 20.4 Å². The molecule has 0 aliphatic carbocycles. The molecule has 5 aromatic carbocycles. The molecule has 20 heteroatoms. The van der Waals surface area contributed by atoms with Crippen molar-refractivity contribution in [2.75, 3.05) is 46.8 Å². The molecule has 0 spiro atoms. The monoisotopic (exact) mass is 926 g/mol.